The van der Waals surface area contributed by atoms with E-state index in [4.69, 9.17) is 5.73 Å². The number of halogens is 2. The molecule has 0 heterocycles. The van der Waals surface area contributed by atoms with E-state index in [9.17, 15) is 8.78 Å². The highest BCUT2D eigenvalue weighted by atomic mass is 19.2. The number of hydrogen-bond donors (Lipinski definition) is 0. The van der Waals surface area contributed by atoms with Crippen molar-refractivity contribution in [3.8, 4) is 0 Å². The molecule has 0 aliphatic rings. The molecule has 0 saturated heterocycles. The molecule has 11 heavy (non-hydrogen) atoms. The summed E-state index contributed by atoms with van der Waals surface area (Å²) >= 11 is 0. The SMILES string of the molecule is [NH]CCc1ccc(F)c(F)c1. The van der Waals surface area contributed by atoms with Crippen molar-refractivity contribution in [3.63, 3.8) is 0 Å². The third-order valence-electron chi connectivity index (χ3n) is 1.40. The summed E-state index contributed by atoms with van der Waals surface area (Å²) in [6.07, 6.45) is 0.469. The zero-order valence-electron chi connectivity index (χ0n) is 5.90. The second-order valence-electron chi connectivity index (χ2n) is 2.25. The molecule has 0 aliphatic carbocycles. The predicted octanol–water partition coefficient (Wildman–Crippen LogP) is 1.79. The zero-order chi connectivity index (χ0) is 8.27. The largest absolute Gasteiger partial charge is 0.258 e. The lowest BCUT2D eigenvalue weighted by molar-refractivity contribution is 0.507. The fourth-order valence-electron chi connectivity index (χ4n) is 0.839. The van der Waals surface area contributed by atoms with Gasteiger partial charge in [-0.15, -0.1) is 0 Å². The lowest BCUT2D eigenvalue weighted by atomic mass is 10.1. The summed E-state index contributed by atoms with van der Waals surface area (Å²) < 4.78 is 24.8. The van der Waals surface area contributed by atoms with Crippen LogP contribution in [-0.2, 0) is 6.42 Å². The Hall–Kier alpha value is -0.960. The van der Waals surface area contributed by atoms with Gasteiger partial charge in [0, 0.05) is 6.54 Å². The van der Waals surface area contributed by atoms with Crippen molar-refractivity contribution >= 4 is 0 Å². The van der Waals surface area contributed by atoms with Crippen LogP contribution in [0.15, 0.2) is 18.2 Å². The summed E-state index contributed by atoms with van der Waals surface area (Å²) in [5, 5.41) is 0. The molecule has 0 saturated carbocycles. The van der Waals surface area contributed by atoms with Crippen molar-refractivity contribution < 1.29 is 8.78 Å². The molecule has 0 unspecified atom stereocenters. The van der Waals surface area contributed by atoms with E-state index in [1.165, 1.54) is 6.07 Å². The van der Waals surface area contributed by atoms with Crippen LogP contribution in [0, 0.1) is 11.6 Å². The molecule has 1 aromatic rings. The molecule has 0 bridgehead atoms. The number of rotatable bonds is 2. The van der Waals surface area contributed by atoms with Crippen molar-refractivity contribution in [2.75, 3.05) is 6.54 Å². The number of benzene rings is 1. The third kappa shape index (κ3) is 1.98. The van der Waals surface area contributed by atoms with Crippen molar-refractivity contribution in [1.29, 1.82) is 0 Å². The average molecular weight is 156 g/mol. The quantitative estimate of drug-likeness (QED) is 0.623. The first kappa shape index (κ1) is 8.14. The Labute approximate surface area is 63.8 Å². The van der Waals surface area contributed by atoms with Gasteiger partial charge in [-0.25, -0.2) is 8.78 Å². The lowest BCUT2D eigenvalue weighted by Crippen LogP contribution is -1.94. The minimum absolute atomic E-state index is 0.199. The summed E-state index contributed by atoms with van der Waals surface area (Å²) in [4.78, 5) is 0. The summed E-state index contributed by atoms with van der Waals surface area (Å²) in [6, 6.07) is 3.71. The van der Waals surface area contributed by atoms with Crippen molar-refractivity contribution in [2.45, 2.75) is 6.42 Å². The molecule has 3 heteroatoms. The summed E-state index contributed by atoms with van der Waals surface area (Å²) in [5.74, 6) is -1.67. The first-order chi connectivity index (χ1) is 5.24. The summed E-state index contributed by atoms with van der Waals surface area (Å²) in [5.41, 5.74) is 7.51. The van der Waals surface area contributed by atoms with Crippen LogP contribution < -0.4 is 5.73 Å². The first-order valence-electron chi connectivity index (χ1n) is 3.32. The van der Waals surface area contributed by atoms with Gasteiger partial charge in [0.15, 0.2) is 11.6 Å². The zero-order valence-corrected chi connectivity index (χ0v) is 5.90. The van der Waals surface area contributed by atoms with Gasteiger partial charge < -0.3 is 0 Å². The molecule has 0 spiro atoms. The van der Waals surface area contributed by atoms with Crippen LogP contribution in [0.5, 0.6) is 0 Å². The van der Waals surface area contributed by atoms with Crippen molar-refractivity contribution in [3.05, 3.63) is 35.4 Å². The molecule has 1 N–H and O–H groups in total. The molecule has 59 valence electrons. The highest BCUT2D eigenvalue weighted by molar-refractivity contribution is 5.17. The molecule has 0 aromatic heterocycles. The predicted molar refractivity (Wildman–Crippen MR) is 38.0 cm³/mol. The van der Waals surface area contributed by atoms with Crippen molar-refractivity contribution in [1.82, 2.24) is 5.73 Å². The van der Waals surface area contributed by atoms with Gasteiger partial charge in [0.05, 0.1) is 0 Å². The van der Waals surface area contributed by atoms with E-state index in [2.05, 4.69) is 0 Å². The minimum atomic E-state index is -0.837. The highest BCUT2D eigenvalue weighted by Gasteiger charge is 2.00. The fourth-order valence-corrected chi connectivity index (χ4v) is 0.839. The molecule has 1 radical (unpaired) electrons. The van der Waals surface area contributed by atoms with E-state index in [0.717, 1.165) is 12.1 Å². The van der Waals surface area contributed by atoms with E-state index in [1.54, 1.807) is 0 Å². The van der Waals surface area contributed by atoms with Gasteiger partial charge >= 0.3 is 0 Å². The normalized spacial score (nSPS) is 10.1. The van der Waals surface area contributed by atoms with Gasteiger partial charge in [-0.1, -0.05) is 6.07 Å². The molecule has 1 aromatic carbocycles. The maximum absolute atomic E-state index is 12.5. The first-order valence-corrected chi connectivity index (χ1v) is 3.32. The topological polar surface area (TPSA) is 23.8 Å². The van der Waals surface area contributed by atoms with Gasteiger partial charge in [-0.2, -0.15) is 0 Å². The molecule has 1 rings (SSSR count). The second kappa shape index (κ2) is 3.44. The molecule has 1 nitrogen and oxygen atoms in total. The van der Waals surface area contributed by atoms with Crippen LogP contribution in [0.25, 0.3) is 0 Å². The maximum Gasteiger partial charge on any atom is 0.159 e. The molecule has 0 fully saturated rings. The van der Waals surface area contributed by atoms with Crippen LogP contribution in [0.3, 0.4) is 0 Å². The Morgan fingerprint density at radius 2 is 1.91 bits per heavy atom. The Morgan fingerprint density at radius 3 is 2.45 bits per heavy atom. The Balaban J connectivity index is 2.86. The molecular weight excluding hydrogens is 148 g/mol. The van der Waals surface area contributed by atoms with E-state index in [-0.39, 0.29) is 6.54 Å². The van der Waals surface area contributed by atoms with Gasteiger partial charge in [0.1, 0.15) is 0 Å². The van der Waals surface area contributed by atoms with E-state index in [0.29, 0.717) is 12.0 Å². The van der Waals surface area contributed by atoms with Crippen LogP contribution in [-0.4, -0.2) is 6.54 Å². The van der Waals surface area contributed by atoms with E-state index in [1.807, 2.05) is 0 Å². The van der Waals surface area contributed by atoms with Crippen LogP contribution in [0.2, 0.25) is 0 Å². The van der Waals surface area contributed by atoms with Gasteiger partial charge in [0.2, 0.25) is 0 Å². The third-order valence-corrected chi connectivity index (χ3v) is 1.40. The van der Waals surface area contributed by atoms with Crippen LogP contribution in [0.1, 0.15) is 5.56 Å². The second-order valence-corrected chi connectivity index (χ2v) is 2.25. The molecule has 0 amide bonds. The van der Waals surface area contributed by atoms with E-state index < -0.39 is 11.6 Å². The smallest absolute Gasteiger partial charge is 0.159 e. The van der Waals surface area contributed by atoms with Crippen LogP contribution in [0.4, 0.5) is 8.78 Å². The average Bonchev–Trinajstić information content (AvgIpc) is 1.98. The van der Waals surface area contributed by atoms with E-state index >= 15 is 0 Å². The van der Waals surface area contributed by atoms with Crippen LogP contribution >= 0.6 is 0 Å². The Kier molecular flexibility index (Phi) is 2.54. The monoisotopic (exact) mass is 156 g/mol. The van der Waals surface area contributed by atoms with Gasteiger partial charge in [-0.05, 0) is 24.1 Å². The molecular formula is C8H8F2N. The highest BCUT2D eigenvalue weighted by Crippen LogP contribution is 2.08. The maximum atomic E-state index is 12.5. The Morgan fingerprint density at radius 1 is 1.18 bits per heavy atom. The standard InChI is InChI=1S/C8H8F2N/c9-7-2-1-6(3-4-11)5-8(7)10/h1-2,5,11H,3-4H2. The fraction of sp³-hybridized carbons (Fsp3) is 0.250. The van der Waals surface area contributed by atoms with Gasteiger partial charge in [-0.3, -0.25) is 5.73 Å². The minimum Gasteiger partial charge on any atom is -0.258 e. The Bertz CT molecular complexity index is 248. The lowest BCUT2D eigenvalue weighted by Gasteiger charge is -1.97. The molecule has 0 atom stereocenters. The van der Waals surface area contributed by atoms with Gasteiger partial charge in [0.25, 0.3) is 0 Å². The van der Waals surface area contributed by atoms with Crippen molar-refractivity contribution in [2.24, 2.45) is 0 Å². The number of hydrogen-bond acceptors (Lipinski definition) is 0. The molecule has 0 aliphatic heterocycles. The summed E-state index contributed by atoms with van der Waals surface area (Å²) in [6.45, 7) is 0.199. The summed E-state index contributed by atoms with van der Waals surface area (Å²) in [7, 11) is 0. The number of nitrogens with one attached hydrogen (secondary N) is 1.